The van der Waals surface area contributed by atoms with E-state index in [1.54, 1.807) is 97.1 Å². The molecule has 6 atom stereocenters. The summed E-state index contributed by atoms with van der Waals surface area (Å²) < 4.78 is 23.1. The van der Waals surface area contributed by atoms with Gasteiger partial charge in [0.2, 0.25) is 0 Å². The fourth-order valence-electron chi connectivity index (χ4n) is 7.75. The molecule has 0 bridgehead atoms. The van der Waals surface area contributed by atoms with Gasteiger partial charge in [-0.15, -0.1) is 6.42 Å². The molecule has 2 fully saturated rings. The lowest BCUT2D eigenvalue weighted by molar-refractivity contribution is -0.174. The molecule has 77 heavy (non-hydrogen) atoms. The Kier molecular flexibility index (Phi) is 25.5. The number of aliphatic hydroxyl groups excluding tert-OH is 4. The Morgan fingerprint density at radius 1 is 0.623 bits per heavy atom. The molecule has 0 saturated carbocycles. The van der Waals surface area contributed by atoms with E-state index in [-0.39, 0.29) is 26.4 Å². The summed E-state index contributed by atoms with van der Waals surface area (Å²) in [5.41, 5.74) is 0.644. The zero-order valence-electron chi connectivity index (χ0n) is 44.3. The number of terminal acetylenes is 1. The Bertz CT molecular complexity index is 2690. The zero-order valence-corrected chi connectivity index (χ0v) is 46.4. The Morgan fingerprint density at radius 2 is 0.974 bits per heavy atom. The molecule has 4 aromatic carbocycles. The summed E-state index contributed by atoms with van der Waals surface area (Å²) >= 11 is 2.14. The molecule has 0 radical (unpaired) electrons. The molecule has 6 N–H and O–H groups in total. The molecule has 2 aliphatic rings. The summed E-state index contributed by atoms with van der Waals surface area (Å²) in [5, 5.41) is 41.5. The molecule has 0 aliphatic carbocycles. The van der Waals surface area contributed by atoms with Crippen LogP contribution in [0.1, 0.15) is 113 Å². The van der Waals surface area contributed by atoms with Gasteiger partial charge in [0, 0.05) is 72.8 Å². The van der Waals surface area contributed by atoms with Crippen molar-refractivity contribution in [2.24, 2.45) is 0 Å². The first-order valence-corrected chi connectivity index (χ1v) is 26.0. The van der Waals surface area contributed by atoms with E-state index in [1.807, 2.05) is 0 Å². The Labute approximate surface area is 463 Å². The molecule has 2 aliphatic heterocycles. The number of Topliss-reactive ketones (excluding diaryl/α,β-unsaturated/α-hetero) is 2. The average molecular weight is 1170 g/mol. The van der Waals surface area contributed by atoms with E-state index < -0.39 is 71.1 Å². The molecule has 2 saturated heterocycles. The quantitative estimate of drug-likeness (QED) is 0.0457. The lowest BCUT2D eigenvalue weighted by atomic mass is 9.92. The Balaban J connectivity index is 0.000000283. The van der Waals surface area contributed by atoms with Crippen molar-refractivity contribution in [3.8, 4) is 24.2 Å². The van der Waals surface area contributed by atoms with Crippen molar-refractivity contribution in [2.75, 3.05) is 67.8 Å². The molecule has 0 aromatic heterocycles. The molecule has 2 heterocycles. The molecule has 4 unspecified atom stereocenters. The van der Waals surface area contributed by atoms with Crippen LogP contribution in [-0.4, -0.2) is 157 Å². The molecule has 4 aromatic rings. The fourth-order valence-corrected chi connectivity index (χ4v) is 8.11. The summed E-state index contributed by atoms with van der Waals surface area (Å²) in [5.74, 6) is 5.32. The largest absolute Gasteiger partial charge is 0.393 e. The number of hydrogen-bond acceptors (Lipinski definition) is 14. The number of carbonyl (C=O) groups is 6. The minimum Gasteiger partial charge on any atom is -0.393 e. The van der Waals surface area contributed by atoms with Gasteiger partial charge in [-0.25, -0.2) is 0 Å². The minimum atomic E-state index is -1.78. The van der Waals surface area contributed by atoms with Gasteiger partial charge in [-0.05, 0) is 159 Å². The topological polar surface area (TPSA) is 251 Å². The maximum Gasteiger partial charge on any atom is 0.254 e. The van der Waals surface area contributed by atoms with Crippen LogP contribution in [0.2, 0.25) is 0 Å². The van der Waals surface area contributed by atoms with Crippen LogP contribution in [0.4, 0.5) is 0 Å². The highest BCUT2D eigenvalue weighted by molar-refractivity contribution is 14.1. The predicted molar refractivity (Wildman–Crippen MR) is 295 cm³/mol. The number of ether oxygens (including phenoxy) is 4. The Morgan fingerprint density at radius 3 is 1.30 bits per heavy atom. The number of amides is 4. The van der Waals surface area contributed by atoms with Crippen LogP contribution in [0.3, 0.4) is 0 Å². The first kappa shape index (κ1) is 63.2. The van der Waals surface area contributed by atoms with Crippen molar-refractivity contribution in [2.45, 2.75) is 88.2 Å². The number of ketones is 2. The number of nitrogens with one attached hydrogen (secondary N) is 2. The number of likely N-dealkylation sites (N-methyl/N-ethyl adjacent to an activating group) is 4. The molecular formula is C58H69IN4O14. The van der Waals surface area contributed by atoms with Crippen molar-refractivity contribution in [3.05, 3.63) is 140 Å². The maximum atomic E-state index is 13.3. The van der Waals surface area contributed by atoms with E-state index in [9.17, 15) is 39.0 Å². The highest BCUT2D eigenvalue weighted by Crippen LogP contribution is 2.24. The summed E-state index contributed by atoms with van der Waals surface area (Å²) in [6.07, 6.45) is 7.65. The first-order valence-electron chi connectivity index (χ1n) is 24.9. The van der Waals surface area contributed by atoms with Gasteiger partial charge in [-0.3, -0.25) is 28.8 Å². The van der Waals surface area contributed by atoms with Gasteiger partial charge in [-0.2, -0.15) is 0 Å². The standard InChI is InChI=1S/C29H34N2O7.C19H25IN2O5.C10H10O2/c1-29(28(36)30-2,25(34)19-38-26-6-4-5-17-37-26)31(3)27(35)23-15-11-21(12-16-23)8-7-20-9-13-22(14-10-20)24(33)18-32;1-19(18(25)21-2,15(23)12-27-16-6-4-5-11-26-16)22(3)17(24)13-7-9-14(20)10-8-13;1-2-8-3-5-9(6-4-8)10(12)7-11/h9-16,24,26,32-33H,4-6,17-19H2,1-3H3,(H,30,36);7-10,16H,4-6,11-12H2,1-3H3,(H,21,25);1,3-6,10-12H,7H2/t24?,26?,29-;16?,19-;/m11./s1. The summed E-state index contributed by atoms with van der Waals surface area (Å²) in [6.45, 7) is 2.70. The Hall–Kier alpha value is -6.37. The van der Waals surface area contributed by atoms with E-state index in [0.717, 1.165) is 45.3 Å². The van der Waals surface area contributed by atoms with Crippen LogP contribution in [0.15, 0.2) is 97.1 Å². The van der Waals surface area contributed by atoms with Crippen LogP contribution in [0.5, 0.6) is 0 Å². The lowest BCUT2D eigenvalue weighted by Gasteiger charge is -2.36. The number of benzene rings is 4. The number of halogens is 1. The molecule has 412 valence electrons. The van der Waals surface area contributed by atoms with E-state index in [1.165, 1.54) is 46.9 Å². The van der Waals surface area contributed by atoms with Gasteiger partial charge in [0.25, 0.3) is 23.6 Å². The third-order valence-corrected chi connectivity index (χ3v) is 13.8. The monoisotopic (exact) mass is 1170 g/mol. The van der Waals surface area contributed by atoms with E-state index >= 15 is 0 Å². The lowest BCUT2D eigenvalue weighted by Crippen LogP contribution is -2.62. The van der Waals surface area contributed by atoms with Crippen LogP contribution < -0.4 is 10.6 Å². The normalized spacial score (nSPS) is 17.1. The fraction of sp³-hybridized carbons (Fsp3) is 0.414. The molecular weight excluding hydrogens is 1100 g/mol. The van der Waals surface area contributed by atoms with Gasteiger partial charge < -0.3 is 59.8 Å². The second kappa shape index (κ2) is 31.1. The average Bonchev–Trinajstić information content (AvgIpc) is 3.48. The van der Waals surface area contributed by atoms with Crippen LogP contribution >= 0.6 is 22.6 Å². The highest BCUT2D eigenvalue weighted by atomic mass is 127. The van der Waals surface area contributed by atoms with Gasteiger partial charge >= 0.3 is 0 Å². The van der Waals surface area contributed by atoms with Crippen LogP contribution in [0, 0.1) is 27.8 Å². The van der Waals surface area contributed by atoms with Gasteiger partial charge in [0.1, 0.15) is 25.4 Å². The molecule has 6 rings (SSSR count). The molecule has 4 amide bonds. The van der Waals surface area contributed by atoms with Crippen LogP contribution in [-0.2, 0) is 38.1 Å². The van der Waals surface area contributed by atoms with Crippen molar-refractivity contribution in [1.29, 1.82) is 0 Å². The number of carbonyl (C=O) groups excluding carboxylic acids is 6. The highest BCUT2D eigenvalue weighted by Gasteiger charge is 2.48. The second-order valence-corrected chi connectivity index (χ2v) is 19.5. The number of aliphatic hydroxyl groups is 4. The van der Waals surface area contributed by atoms with Crippen molar-refractivity contribution < 1.29 is 68.1 Å². The van der Waals surface area contributed by atoms with Gasteiger partial charge in [0.05, 0.1) is 13.2 Å². The van der Waals surface area contributed by atoms with Gasteiger partial charge in [0.15, 0.2) is 35.2 Å². The molecule has 0 spiro atoms. The SMILES string of the molecule is C#Cc1ccc(C(O)CO)cc1.CNC(=O)[C@@](C)(C(=O)COC1CCCCO1)N(C)C(=O)c1ccc(C#Cc2ccc(C(O)CO)cc2)cc1.CNC(=O)[C@@](C)(C(=O)COC1CCCCO1)N(C)C(=O)c1ccc(I)cc1. The number of rotatable bonds is 18. The third-order valence-electron chi connectivity index (χ3n) is 13.1. The summed E-state index contributed by atoms with van der Waals surface area (Å²) in [6, 6.07) is 27.2. The minimum absolute atomic E-state index is 0.268. The number of hydrogen-bond donors (Lipinski definition) is 6. The van der Waals surface area contributed by atoms with Crippen molar-refractivity contribution >= 4 is 57.8 Å². The maximum absolute atomic E-state index is 13.3. The van der Waals surface area contributed by atoms with Crippen molar-refractivity contribution in [1.82, 2.24) is 20.4 Å². The van der Waals surface area contributed by atoms with Gasteiger partial charge in [-0.1, -0.05) is 42.0 Å². The van der Waals surface area contributed by atoms with E-state index in [0.29, 0.717) is 53.9 Å². The van der Waals surface area contributed by atoms with Crippen molar-refractivity contribution in [3.63, 3.8) is 0 Å². The first-order chi connectivity index (χ1) is 36.8. The summed E-state index contributed by atoms with van der Waals surface area (Å²) in [7, 11) is 5.71. The summed E-state index contributed by atoms with van der Waals surface area (Å²) in [4.78, 5) is 79.8. The molecule has 18 nitrogen and oxygen atoms in total. The van der Waals surface area contributed by atoms with Crippen LogP contribution in [0.25, 0.3) is 0 Å². The van der Waals surface area contributed by atoms with E-state index in [2.05, 4.69) is 51.0 Å². The second-order valence-electron chi connectivity index (χ2n) is 18.2. The number of nitrogens with zero attached hydrogens (tertiary/aromatic N) is 2. The smallest absolute Gasteiger partial charge is 0.254 e. The third kappa shape index (κ3) is 17.6. The van der Waals surface area contributed by atoms with E-state index in [4.69, 9.17) is 35.6 Å². The zero-order chi connectivity index (χ0) is 56.7. The molecule has 19 heteroatoms. The predicted octanol–water partition coefficient (Wildman–Crippen LogP) is 4.47.